The zero-order valence-corrected chi connectivity index (χ0v) is 11.9. The van der Waals surface area contributed by atoms with Gasteiger partial charge in [0, 0.05) is 6.92 Å². The van der Waals surface area contributed by atoms with Gasteiger partial charge in [0.15, 0.2) is 0 Å². The average molecular weight is 289 g/mol. The lowest BCUT2D eigenvalue weighted by atomic mass is 10.4. The Morgan fingerprint density at radius 1 is 1.00 bits per heavy atom. The summed E-state index contributed by atoms with van der Waals surface area (Å²) in [7, 11) is 0. The molecule has 114 valence electrons. The Morgan fingerprint density at radius 3 is 1.75 bits per heavy atom. The molecule has 0 aliphatic carbocycles. The van der Waals surface area contributed by atoms with Crippen molar-refractivity contribution in [2.45, 2.75) is 27.7 Å². The van der Waals surface area contributed by atoms with Crippen LogP contribution in [0.2, 0.25) is 0 Å². The summed E-state index contributed by atoms with van der Waals surface area (Å²) in [5, 5.41) is 3.36. The van der Waals surface area contributed by atoms with Crippen molar-refractivity contribution >= 4 is 29.5 Å². The number of carbonyl (C=O) groups excluding carboxylic acids is 4. The van der Waals surface area contributed by atoms with Crippen LogP contribution in [-0.2, 0) is 23.9 Å². The van der Waals surface area contributed by atoms with Crippen molar-refractivity contribution in [3.63, 3.8) is 0 Å². The molecule has 0 aliphatic rings. The van der Waals surface area contributed by atoms with Crippen LogP contribution < -0.4 is 11.2 Å². The number of Topliss-reactive ketones (excluding diaryl/α,β-unsaturated/α-hetero) is 1. The molecule has 0 unspecified atom stereocenters. The lowest BCUT2D eigenvalue weighted by molar-refractivity contribution is -0.152. The van der Waals surface area contributed by atoms with Crippen molar-refractivity contribution in [3.8, 4) is 0 Å². The third kappa shape index (κ3) is 12.0. The number of ether oxygens (including phenoxy) is 2. The van der Waals surface area contributed by atoms with E-state index in [1.807, 2.05) is 5.43 Å². The van der Waals surface area contributed by atoms with Gasteiger partial charge in [0.05, 0.1) is 13.2 Å². The molecule has 0 saturated carbocycles. The number of hydrogen-bond acceptors (Lipinski definition) is 7. The van der Waals surface area contributed by atoms with E-state index < -0.39 is 23.8 Å². The van der Waals surface area contributed by atoms with E-state index in [4.69, 9.17) is 5.73 Å². The first-order valence-corrected chi connectivity index (χ1v) is 5.70. The highest BCUT2D eigenvalue weighted by Crippen LogP contribution is 1.82. The summed E-state index contributed by atoms with van der Waals surface area (Å²) < 4.78 is 8.89. The van der Waals surface area contributed by atoms with E-state index in [0.29, 0.717) is 0 Å². The number of rotatable bonds is 5. The zero-order valence-electron chi connectivity index (χ0n) is 11.9. The minimum Gasteiger partial charge on any atom is -0.461 e. The van der Waals surface area contributed by atoms with Gasteiger partial charge in [-0.15, -0.1) is 0 Å². The lowest BCUT2D eigenvalue weighted by Crippen LogP contribution is -2.27. The molecule has 9 heteroatoms. The van der Waals surface area contributed by atoms with Crippen molar-refractivity contribution in [3.05, 3.63) is 0 Å². The predicted molar refractivity (Wildman–Crippen MR) is 69.8 cm³/mol. The van der Waals surface area contributed by atoms with Crippen LogP contribution in [0.3, 0.4) is 0 Å². The maximum absolute atomic E-state index is 10.8. The van der Waals surface area contributed by atoms with Crippen molar-refractivity contribution in [2.75, 3.05) is 13.2 Å². The number of amides is 2. The Morgan fingerprint density at radius 2 is 1.45 bits per heavy atom. The van der Waals surface area contributed by atoms with Crippen LogP contribution in [0.1, 0.15) is 27.7 Å². The molecular formula is C11H19N3O6. The number of hydrazone groups is 1. The SMILES string of the molecule is CCOC(=O)/C(C)=N/NC(N)=O.CCOC(=O)C(C)=O. The molecule has 0 aromatic heterocycles. The van der Waals surface area contributed by atoms with Gasteiger partial charge in [-0.25, -0.2) is 19.8 Å². The van der Waals surface area contributed by atoms with Crippen LogP contribution in [-0.4, -0.2) is 42.7 Å². The maximum Gasteiger partial charge on any atom is 0.374 e. The molecule has 0 fully saturated rings. The number of primary amides is 1. The smallest absolute Gasteiger partial charge is 0.374 e. The molecule has 0 aliphatic heterocycles. The van der Waals surface area contributed by atoms with Crippen LogP contribution in [0, 0.1) is 0 Å². The molecule has 2 amide bonds. The topological polar surface area (TPSA) is 137 Å². The quantitative estimate of drug-likeness (QED) is 0.309. The number of urea groups is 1. The van der Waals surface area contributed by atoms with Crippen LogP contribution >= 0.6 is 0 Å². The number of carbonyl (C=O) groups is 4. The van der Waals surface area contributed by atoms with Gasteiger partial charge in [0.25, 0.3) is 0 Å². The summed E-state index contributed by atoms with van der Waals surface area (Å²) in [5.74, 6) is -1.88. The number of esters is 2. The normalized spacial score (nSPS) is 9.70. The molecule has 3 N–H and O–H groups in total. The third-order valence-electron chi connectivity index (χ3n) is 1.47. The predicted octanol–water partition coefficient (Wildman–Crippen LogP) is -0.268. The molecule has 0 atom stereocenters. The molecule has 0 radical (unpaired) electrons. The van der Waals surface area contributed by atoms with Crippen molar-refractivity contribution < 1.29 is 28.7 Å². The molecule has 20 heavy (non-hydrogen) atoms. The number of hydrogen-bond donors (Lipinski definition) is 2. The standard InChI is InChI=1S/C6H11N3O3.C5H8O3/c1-3-12-5(10)4(2)8-9-6(7)11;1-3-8-5(7)4(2)6/h3H2,1-2H3,(H3,7,9,11);3H2,1-2H3/b8-4+;. The fourth-order valence-electron chi connectivity index (χ4n) is 0.653. The molecule has 0 spiro atoms. The van der Waals surface area contributed by atoms with E-state index in [1.54, 1.807) is 13.8 Å². The molecular weight excluding hydrogens is 270 g/mol. The van der Waals surface area contributed by atoms with Gasteiger partial charge < -0.3 is 15.2 Å². The van der Waals surface area contributed by atoms with Crippen LogP contribution in [0.5, 0.6) is 0 Å². The van der Waals surface area contributed by atoms with Crippen molar-refractivity contribution in [1.82, 2.24) is 5.43 Å². The van der Waals surface area contributed by atoms with Gasteiger partial charge in [-0.05, 0) is 20.8 Å². The lowest BCUT2D eigenvalue weighted by Gasteiger charge is -1.99. The van der Waals surface area contributed by atoms with Crippen molar-refractivity contribution in [1.29, 1.82) is 0 Å². The molecule has 0 heterocycles. The van der Waals surface area contributed by atoms with Crippen LogP contribution in [0.15, 0.2) is 5.10 Å². The molecule has 0 aromatic carbocycles. The first-order valence-electron chi connectivity index (χ1n) is 5.70. The fourth-order valence-corrected chi connectivity index (χ4v) is 0.653. The van der Waals surface area contributed by atoms with Gasteiger partial charge in [-0.2, -0.15) is 5.10 Å². The van der Waals surface area contributed by atoms with Gasteiger partial charge in [-0.1, -0.05) is 0 Å². The van der Waals surface area contributed by atoms with E-state index in [-0.39, 0.29) is 18.9 Å². The molecule has 0 rings (SSSR count). The largest absolute Gasteiger partial charge is 0.461 e. The summed E-state index contributed by atoms with van der Waals surface area (Å²) >= 11 is 0. The highest BCUT2D eigenvalue weighted by atomic mass is 16.5. The Bertz CT molecular complexity index is 392. The highest BCUT2D eigenvalue weighted by molar-refractivity contribution is 6.35. The second-order valence-electron chi connectivity index (χ2n) is 3.17. The first kappa shape index (κ1) is 19.9. The maximum atomic E-state index is 10.8. The van der Waals surface area contributed by atoms with E-state index in [0.717, 1.165) is 0 Å². The van der Waals surface area contributed by atoms with E-state index >= 15 is 0 Å². The first-order chi connectivity index (χ1) is 9.26. The average Bonchev–Trinajstić information content (AvgIpc) is 2.37. The fraction of sp³-hybridized carbons (Fsp3) is 0.545. The van der Waals surface area contributed by atoms with Gasteiger partial charge in [-0.3, -0.25) is 4.79 Å². The van der Waals surface area contributed by atoms with E-state index in [1.165, 1.54) is 13.8 Å². The Labute approximate surface area is 116 Å². The summed E-state index contributed by atoms with van der Waals surface area (Å²) in [4.78, 5) is 41.2. The number of ketones is 1. The Kier molecular flexibility index (Phi) is 11.6. The highest BCUT2D eigenvalue weighted by Gasteiger charge is 2.06. The second kappa shape index (κ2) is 11.6. The molecule has 0 saturated heterocycles. The monoisotopic (exact) mass is 289 g/mol. The molecule has 0 aromatic rings. The zero-order chi connectivity index (χ0) is 16.1. The molecule has 9 nitrogen and oxygen atoms in total. The minimum atomic E-state index is -0.821. The van der Waals surface area contributed by atoms with Gasteiger partial charge >= 0.3 is 18.0 Å². The van der Waals surface area contributed by atoms with Crippen LogP contribution in [0.4, 0.5) is 4.79 Å². The van der Waals surface area contributed by atoms with Gasteiger partial charge in [0.2, 0.25) is 5.78 Å². The van der Waals surface area contributed by atoms with E-state index in [2.05, 4.69) is 14.6 Å². The third-order valence-corrected chi connectivity index (χ3v) is 1.47. The Balaban J connectivity index is 0. The van der Waals surface area contributed by atoms with Gasteiger partial charge in [0.1, 0.15) is 5.71 Å². The summed E-state index contributed by atoms with van der Waals surface area (Å²) in [6.07, 6.45) is 0. The Hall–Kier alpha value is -2.45. The number of nitrogens with two attached hydrogens (primary N) is 1. The summed E-state index contributed by atoms with van der Waals surface area (Å²) in [6, 6.07) is -0.821. The number of nitrogens with zero attached hydrogens (tertiary/aromatic N) is 1. The summed E-state index contributed by atoms with van der Waals surface area (Å²) in [6.45, 7) is 6.44. The van der Waals surface area contributed by atoms with Crippen molar-refractivity contribution in [2.24, 2.45) is 10.8 Å². The van der Waals surface area contributed by atoms with Crippen LogP contribution in [0.25, 0.3) is 0 Å². The minimum absolute atomic E-state index is 0.0515. The molecule has 0 bridgehead atoms. The van der Waals surface area contributed by atoms with E-state index in [9.17, 15) is 19.2 Å². The summed E-state index contributed by atoms with van der Waals surface area (Å²) in [5.41, 5.74) is 6.67. The number of nitrogens with one attached hydrogen (secondary N) is 1. The second-order valence-corrected chi connectivity index (χ2v) is 3.17.